The summed E-state index contributed by atoms with van der Waals surface area (Å²) in [4.78, 5) is 25.0. The molecule has 5 heteroatoms. The molecule has 0 amide bonds. The molecule has 0 aromatic carbocycles. The molecule has 0 aromatic rings. The van der Waals surface area contributed by atoms with Gasteiger partial charge in [0.2, 0.25) is 0 Å². The molecule has 0 bridgehead atoms. The molecular weight excluding hydrogens is 188 g/mol. The Morgan fingerprint density at radius 2 is 1.93 bits per heavy atom. The minimum absolute atomic E-state index is 0.0602. The van der Waals surface area contributed by atoms with Crippen molar-refractivity contribution in [3.05, 3.63) is 11.6 Å². The third-order valence-electron chi connectivity index (χ3n) is 2.18. The number of carboxylic acids is 1. The molecule has 0 atom stereocenters. The van der Waals surface area contributed by atoms with E-state index in [1.165, 1.54) is 0 Å². The minimum Gasteiger partial charge on any atom is -0.478 e. The van der Waals surface area contributed by atoms with Gasteiger partial charge in [0.25, 0.3) is 0 Å². The number of hydrogen-bond acceptors (Lipinski definition) is 4. The molecule has 0 unspecified atom stereocenters. The summed E-state index contributed by atoms with van der Waals surface area (Å²) in [5.74, 6) is -2.27. The van der Waals surface area contributed by atoms with Crippen LogP contribution in [0.2, 0.25) is 0 Å². The second-order valence-corrected chi connectivity index (χ2v) is 3.51. The lowest BCUT2D eigenvalue weighted by atomic mass is 9.81. The van der Waals surface area contributed by atoms with Gasteiger partial charge in [-0.2, -0.15) is 5.26 Å². The number of aliphatic carboxylic acids is 1. The smallest absolute Gasteiger partial charge is 0.369 e. The van der Waals surface area contributed by atoms with Gasteiger partial charge in [0.05, 0.1) is 5.57 Å². The first-order valence-electron chi connectivity index (χ1n) is 4.16. The summed E-state index contributed by atoms with van der Waals surface area (Å²) in [6.07, 6.45) is 1.31. The van der Waals surface area contributed by atoms with Crippen LogP contribution in [0.5, 0.6) is 0 Å². The van der Waals surface area contributed by atoms with Crippen LogP contribution in [0.4, 0.5) is 0 Å². The zero-order chi connectivity index (χ0) is 11.4. The molecule has 0 saturated heterocycles. The average molecular weight is 202 g/mol. The van der Waals surface area contributed by atoms with E-state index in [4.69, 9.17) is 10.4 Å². The number of rotatable bonds is 4. The van der Waals surface area contributed by atoms with Crippen molar-refractivity contribution in [2.45, 2.75) is 27.2 Å². The lowest BCUT2D eigenvalue weighted by Gasteiger charge is -2.23. The highest BCUT2D eigenvalue weighted by atomic mass is 17.1. The van der Waals surface area contributed by atoms with E-state index in [0.29, 0.717) is 6.42 Å². The maximum atomic E-state index is 11.0. The SMILES string of the molecule is CCC(C)(C)C(=CC(=O)O)C(=O)OO. The molecule has 0 rings (SSSR count). The molecule has 0 aliphatic carbocycles. The average Bonchev–Trinajstić information content (AvgIpc) is 2.12. The van der Waals surface area contributed by atoms with Crippen molar-refractivity contribution < 1.29 is 24.8 Å². The third kappa shape index (κ3) is 3.18. The highest BCUT2D eigenvalue weighted by Crippen LogP contribution is 2.30. The molecule has 0 heterocycles. The highest BCUT2D eigenvalue weighted by molar-refractivity contribution is 5.96. The van der Waals surface area contributed by atoms with Crippen molar-refractivity contribution in [2.24, 2.45) is 5.41 Å². The van der Waals surface area contributed by atoms with Crippen LogP contribution in [0.15, 0.2) is 11.6 Å². The summed E-state index contributed by atoms with van der Waals surface area (Å²) in [5, 5.41) is 16.7. The van der Waals surface area contributed by atoms with Crippen LogP contribution in [0.3, 0.4) is 0 Å². The van der Waals surface area contributed by atoms with Crippen molar-refractivity contribution in [1.82, 2.24) is 0 Å². The van der Waals surface area contributed by atoms with Gasteiger partial charge < -0.3 is 5.11 Å². The Labute approximate surface area is 81.9 Å². The van der Waals surface area contributed by atoms with Crippen LogP contribution in [0, 0.1) is 5.41 Å². The molecule has 14 heavy (non-hydrogen) atoms. The molecule has 0 fully saturated rings. The van der Waals surface area contributed by atoms with Gasteiger partial charge in [-0.25, -0.2) is 9.59 Å². The van der Waals surface area contributed by atoms with Gasteiger partial charge in [-0.15, -0.1) is 0 Å². The molecule has 2 N–H and O–H groups in total. The Morgan fingerprint density at radius 1 is 1.43 bits per heavy atom. The highest BCUT2D eigenvalue weighted by Gasteiger charge is 2.29. The van der Waals surface area contributed by atoms with E-state index in [0.717, 1.165) is 6.08 Å². The van der Waals surface area contributed by atoms with Crippen LogP contribution in [-0.4, -0.2) is 22.3 Å². The lowest BCUT2D eigenvalue weighted by Crippen LogP contribution is -2.23. The zero-order valence-corrected chi connectivity index (χ0v) is 8.40. The van der Waals surface area contributed by atoms with Crippen molar-refractivity contribution in [2.75, 3.05) is 0 Å². The van der Waals surface area contributed by atoms with E-state index in [1.54, 1.807) is 20.8 Å². The fraction of sp³-hybridized carbons (Fsp3) is 0.556. The molecule has 0 radical (unpaired) electrons. The standard InChI is InChI=1S/C9H14O5/c1-4-9(2,3)6(5-7(10)11)8(12)14-13/h5,13H,4H2,1-3H3,(H,10,11). The van der Waals surface area contributed by atoms with E-state index in [2.05, 4.69) is 4.89 Å². The molecule has 5 nitrogen and oxygen atoms in total. The first kappa shape index (κ1) is 12.6. The topological polar surface area (TPSA) is 83.8 Å². The summed E-state index contributed by atoms with van der Waals surface area (Å²) in [5.41, 5.74) is -0.701. The van der Waals surface area contributed by atoms with Gasteiger partial charge in [0.15, 0.2) is 0 Å². The van der Waals surface area contributed by atoms with Crippen LogP contribution < -0.4 is 0 Å². The molecule has 0 saturated carbocycles. The van der Waals surface area contributed by atoms with Gasteiger partial charge in [-0.05, 0) is 11.8 Å². The number of carboxylic acid groups (broad SMARTS) is 1. The summed E-state index contributed by atoms with van der Waals surface area (Å²) < 4.78 is 0. The maximum Gasteiger partial charge on any atom is 0.369 e. The predicted octanol–water partition coefficient (Wildman–Crippen LogP) is 1.45. The summed E-state index contributed by atoms with van der Waals surface area (Å²) >= 11 is 0. The molecule has 0 aliphatic heterocycles. The quantitative estimate of drug-likeness (QED) is 0.409. The number of hydrogen-bond donors (Lipinski definition) is 2. The largest absolute Gasteiger partial charge is 0.478 e. The van der Waals surface area contributed by atoms with E-state index in [-0.39, 0.29) is 5.57 Å². The van der Waals surface area contributed by atoms with E-state index < -0.39 is 17.4 Å². The second kappa shape index (κ2) is 4.76. The van der Waals surface area contributed by atoms with E-state index in [9.17, 15) is 9.59 Å². The van der Waals surface area contributed by atoms with Gasteiger partial charge in [-0.1, -0.05) is 20.8 Å². The van der Waals surface area contributed by atoms with Crippen LogP contribution in [0.1, 0.15) is 27.2 Å². The first-order valence-corrected chi connectivity index (χ1v) is 4.16. The second-order valence-electron chi connectivity index (χ2n) is 3.51. The van der Waals surface area contributed by atoms with Crippen molar-refractivity contribution in [3.8, 4) is 0 Å². The van der Waals surface area contributed by atoms with Crippen molar-refractivity contribution >= 4 is 11.9 Å². The summed E-state index contributed by atoms with van der Waals surface area (Å²) in [7, 11) is 0. The molecule has 0 spiro atoms. The Bertz CT molecular complexity index is 264. The normalized spacial score (nSPS) is 12.4. The predicted molar refractivity (Wildman–Crippen MR) is 48.5 cm³/mol. The maximum absolute atomic E-state index is 11.0. The minimum atomic E-state index is -1.24. The fourth-order valence-corrected chi connectivity index (χ4v) is 0.894. The summed E-state index contributed by atoms with van der Waals surface area (Å²) in [6, 6.07) is 0. The zero-order valence-electron chi connectivity index (χ0n) is 8.40. The monoisotopic (exact) mass is 202 g/mol. The van der Waals surface area contributed by atoms with Gasteiger partial charge in [-0.3, -0.25) is 4.89 Å². The third-order valence-corrected chi connectivity index (χ3v) is 2.18. The number of carbonyl (C=O) groups excluding carboxylic acids is 1. The Kier molecular flexibility index (Phi) is 4.30. The fourth-order valence-electron chi connectivity index (χ4n) is 0.894. The van der Waals surface area contributed by atoms with Crippen molar-refractivity contribution in [1.29, 1.82) is 0 Å². The number of carbonyl (C=O) groups is 2. The summed E-state index contributed by atoms with van der Waals surface area (Å²) in [6.45, 7) is 5.19. The van der Waals surface area contributed by atoms with Crippen molar-refractivity contribution in [3.63, 3.8) is 0 Å². The van der Waals surface area contributed by atoms with Crippen LogP contribution in [0.25, 0.3) is 0 Å². The lowest BCUT2D eigenvalue weighted by molar-refractivity contribution is -0.230. The van der Waals surface area contributed by atoms with Gasteiger partial charge in [0.1, 0.15) is 0 Å². The van der Waals surface area contributed by atoms with Gasteiger partial charge in [0, 0.05) is 6.08 Å². The Hall–Kier alpha value is -1.36. The van der Waals surface area contributed by atoms with Gasteiger partial charge >= 0.3 is 11.9 Å². The Morgan fingerprint density at radius 3 is 2.21 bits per heavy atom. The van der Waals surface area contributed by atoms with E-state index in [1.807, 2.05) is 0 Å². The Balaban J connectivity index is 5.11. The molecular formula is C9H14O5. The van der Waals surface area contributed by atoms with Crippen LogP contribution in [-0.2, 0) is 14.5 Å². The van der Waals surface area contributed by atoms with Crippen LogP contribution >= 0.6 is 0 Å². The molecule has 80 valence electrons. The molecule has 0 aromatic heterocycles. The van der Waals surface area contributed by atoms with E-state index >= 15 is 0 Å². The molecule has 0 aliphatic rings. The first-order chi connectivity index (χ1) is 6.35.